The van der Waals surface area contributed by atoms with Gasteiger partial charge in [0.25, 0.3) is 0 Å². The predicted molar refractivity (Wildman–Crippen MR) is 85.3 cm³/mol. The van der Waals surface area contributed by atoms with Crippen LogP contribution in [-0.2, 0) is 10.0 Å². The largest absolute Gasteiger partial charge is 0.457 e. The summed E-state index contributed by atoms with van der Waals surface area (Å²) >= 11 is 0. The molecule has 21 heavy (non-hydrogen) atoms. The van der Waals surface area contributed by atoms with Gasteiger partial charge in [-0.1, -0.05) is 31.5 Å². The van der Waals surface area contributed by atoms with Gasteiger partial charge in [-0.05, 0) is 42.8 Å². The van der Waals surface area contributed by atoms with Crippen molar-refractivity contribution in [3.63, 3.8) is 0 Å². The van der Waals surface area contributed by atoms with Gasteiger partial charge in [-0.2, -0.15) is 0 Å². The highest BCUT2D eigenvalue weighted by atomic mass is 32.2. The van der Waals surface area contributed by atoms with Gasteiger partial charge >= 0.3 is 0 Å². The van der Waals surface area contributed by atoms with E-state index < -0.39 is 10.0 Å². The van der Waals surface area contributed by atoms with Crippen LogP contribution in [-0.4, -0.2) is 14.2 Å². The van der Waals surface area contributed by atoms with E-state index in [0.717, 1.165) is 12.2 Å². The first-order valence-electron chi connectivity index (χ1n) is 6.92. The SMILES string of the molecule is CCCCS(=O)(=O)Nc1ccc(Oc2ccccc2)cc1. The number of hydrogen-bond acceptors (Lipinski definition) is 3. The molecule has 0 amide bonds. The molecule has 0 saturated heterocycles. The highest BCUT2D eigenvalue weighted by molar-refractivity contribution is 7.92. The second kappa shape index (κ2) is 7.13. The number of hydrogen-bond donors (Lipinski definition) is 1. The van der Waals surface area contributed by atoms with Gasteiger partial charge in [0.1, 0.15) is 11.5 Å². The number of rotatable bonds is 7. The van der Waals surface area contributed by atoms with Crippen LogP contribution in [0.3, 0.4) is 0 Å². The van der Waals surface area contributed by atoms with Gasteiger partial charge in [0, 0.05) is 5.69 Å². The number of anilines is 1. The van der Waals surface area contributed by atoms with Gasteiger partial charge in [-0.25, -0.2) is 8.42 Å². The fourth-order valence-electron chi connectivity index (χ4n) is 1.78. The van der Waals surface area contributed by atoms with Crippen molar-refractivity contribution >= 4 is 15.7 Å². The lowest BCUT2D eigenvalue weighted by Gasteiger charge is -2.09. The molecule has 0 aromatic heterocycles. The van der Waals surface area contributed by atoms with E-state index in [4.69, 9.17) is 4.74 Å². The van der Waals surface area contributed by atoms with Crippen LogP contribution in [0.2, 0.25) is 0 Å². The first kappa shape index (κ1) is 15.4. The fourth-order valence-corrected chi connectivity index (χ4v) is 3.05. The summed E-state index contributed by atoms with van der Waals surface area (Å²) in [5.41, 5.74) is 0.548. The Morgan fingerprint density at radius 2 is 1.57 bits per heavy atom. The molecule has 0 heterocycles. The Balaban J connectivity index is 1.99. The highest BCUT2D eigenvalue weighted by Crippen LogP contribution is 2.23. The molecule has 1 N–H and O–H groups in total. The van der Waals surface area contributed by atoms with E-state index in [2.05, 4.69) is 4.72 Å². The molecule has 0 radical (unpaired) electrons. The Kier molecular flexibility index (Phi) is 5.22. The molecule has 2 aromatic carbocycles. The minimum absolute atomic E-state index is 0.145. The first-order chi connectivity index (χ1) is 10.1. The van der Waals surface area contributed by atoms with Gasteiger partial charge in [0.05, 0.1) is 5.75 Å². The fraction of sp³-hybridized carbons (Fsp3) is 0.250. The molecule has 2 rings (SSSR count). The monoisotopic (exact) mass is 305 g/mol. The third kappa shape index (κ3) is 5.11. The van der Waals surface area contributed by atoms with Crippen LogP contribution >= 0.6 is 0 Å². The third-order valence-electron chi connectivity index (χ3n) is 2.87. The normalized spacial score (nSPS) is 11.1. The van der Waals surface area contributed by atoms with E-state index in [1.165, 1.54) is 0 Å². The van der Waals surface area contributed by atoms with E-state index in [9.17, 15) is 8.42 Å². The summed E-state index contributed by atoms with van der Waals surface area (Å²) in [5.74, 6) is 1.55. The minimum atomic E-state index is -3.26. The zero-order valence-corrected chi connectivity index (χ0v) is 12.8. The molecule has 0 aliphatic carbocycles. The molecule has 0 saturated carbocycles. The smallest absolute Gasteiger partial charge is 0.232 e. The van der Waals surface area contributed by atoms with Crippen molar-refractivity contribution < 1.29 is 13.2 Å². The Morgan fingerprint density at radius 3 is 2.19 bits per heavy atom. The summed E-state index contributed by atoms with van der Waals surface area (Å²) in [5, 5.41) is 0. The number of sulfonamides is 1. The van der Waals surface area contributed by atoms with E-state index in [-0.39, 0.29) is 5.75 Å². The molecule has 5 heteroatoms. The molecular weight excluding hydrogens is 286 g/mol. The summed E-state index contributed by atoms with van der Waals surface area (Å²) in [6.07, 6.45) is 1.51. The minimum Gasteiger partial charge on any atom is -0.457 e. The molecule has 2 aromatic rings. The van der Waals surface area contributed by atoms with Gasteiger partial charge in [-0.3, -0.25) is 4.72 Å². The molecule has 112 valence electrons. The quantitative estimate of drug-likeness (QED) is 0.840. The number of unbranched alkanes of at least 4 members (excludes halogenated alkanes) is 1. The van der Waals surface area contributed by atoms with Crippen LogP contribution in [0, 0.1) is 0 Å². The average Bonchev–Trinajstić information content (AvgIpc) is 2.48. The molecule has 4 nitrogen and oxygen atoms in total. The first-order valence-corrected chi connectivity index (χ1v) is 8.58. The standard InChI is InChI=1S/C16H19NO3S/c1-2-3-13-21(18,19)17-14-9-11-16(12-10-14)20-15-7-5-4-6-8-15/h4-12,17H,2-3,13H2,1H3. The zero-order chi connectivity index (χ0) is 15.1. The topological polar surface area (TPSA) is 55.4 Å². The van der Waals surface area contributed by atoms with E-state index in [1.54, 1.807) is 24.3 Å². The van der Waals surface area contributed by atoms with Crippen LogP contribution in [0.15, 0.2) is 54.6 Å². The van der Waals surface area contributed by atoms with Crippen molar-refractivity contribution in [3.8, 4) is 11.5 Å². The second-order valence-electron chi connectivity index (χ2n) is 4.71. The Bertz CT molecular complexity index is 652. The zero-order valence-electron chi connectivity index (χ0n) is 12.0. The molecule has 0 spiro atoms. The van der Waals surface area contributed by atoms with Crippen molar-refractivity contribution in [2.24, 2.45) is 0 Å². The van der Waals surface area contributed by atoms with E-state index >= 15 is 0 Å². The van der Waals surface area contributed by atoms with E-state index in [0.29, 0.717) is 17.9 Å². The van der Waals surface area contributed by atoms with Gasteiger partial charge in [0.2, 0.25) is 10.0 Å². The van der Waals surface area contributed by atoms with Crippen LogP contribution < -0.4 is 9.46 Å². The van der Waals surface area contributed by atoms with E-state index in [1.807, 2.05) is 37.3 Å². The molecule has 0 atom stereocenters. The van der Waals surface area contributed by atoms with Crippen LogP contribution in [0.5, 0.6) is 11.5 Å². The van der Waals surface area contributed by atoms with Crippen LogP contribution in [0.25, 0.3) is 0 Å². The third-order valence-corrected chi connectivity index (χ3v) is 4.25. The Labute approximate surface area is 125 Å². The molecule has 0 aliphatic rings. The number of nitrogens with one attached hydrogen (secondary N) is 1. The van der Waals surface area contributed by atoms with Crippen molar-refractivity contribution in [1.29, 1.82) is 0 Å². The summed E-state index contributed by atoms with van der Waals surface area (Å²) in [6.45, 7) is 1.96. The molecule has 0 bridgehead atoms. The number of ether oxygens (including phenoxy) is 1. The summed E-state index contributed by atoms with van der Waals surface area (Å²) in [7, 11) is -3.26. The lowest BCUT2D eigenvalue weighted by molar-refractivity contribution is 0.483. The molecular formula is C16H19NO3S. The number of benzene rings is 2. The average molecular weight is 305 g/mol. The molecule has 0 unspecified atom stereocenters. The Hall–Kier alpha value is -2.01. The maximum absolute atomic E-state index is 11.8. The second-order valence-corrected chi connectivity index (χ2v) is 6.56. The summed E-state index contributed by atoms with van der Waals surface area (Å²) < 4.78 is 31.8. The van der Waals surface area contributed by atoms with Crippen molar-refractivity contribution in [1.82, 2.24) is 0 Å². The van der Waals surface area contributed by atoms with Crippen LogP contribution in [0.4, 0.5) is 5.69 Å². The Morgan fingerprint density at radius 1 is 0.952 bits per heavy atom. The lowest BCUT2D eigenvalue weighted by atomic mass is 10.3. The lowest BCUT2D eigenvalue weighted by Crippen LogP contribution is -2.16. The van der Waals surface area contributed by atoms with Crippen molar-refractivity contribution in [2.45, 2.75) is 19.8 Å². The van der Waals surface area contributed by atoms with Gasteiger partial charge < -0.3 is 4.74 Å². The molecule has 0 fully saturated rings. The maximum Gasteiger partial charge on any atom is 0.232 e. The van der Waals surface area contributed by atoms with Crippen LogP contribution in [0.1, 0.15) is 19.8 Å². The predicted octanol–water partition coefficient (Wildman–Crippen LogP) is 4.02. The van der Waals surface area contributed by atoms with Crippen molar-refractivity contribution in [2.75, 3.05) is 10.5 Å². The summed E-state index contributed by atoms with van der Waals surface area (Å²) in [6, 6.07) is 16.3. The highest BCUT2D eigenvalue weighted by Gasteiger charge is 2.09. The number of para-hydroxylation sites is 1. The van der Waals surface area contributed by atoms with Crippen molar-refractivity contribution in [3.05, 3.63) is 54.6 Å². The summed E-state index contributed by atoms with van der Waals surface area (Å²) in [4.78, 5) is 0. The maximum atomic E-state index is 11.8. The van der Waals surface area contributed by atoms with Gasteiger partial charge in [0.15, 0.2) is 0 Å². The molecule has 0 aliphatic heterocycles. The van der Waals surface area contributed by atoms with Gasteiger partial charge in [-0.15, -0.1) is 0 Å².